The van der Waals surface area contributed by atoms with Gasteiger partial charge in [-0.15, -0.1) is 38.2 Å². The molecule has 0 spiro atoms. The van der Waals surface area contributed by atoms with Gasteiger partial charge < -0.3 is 0 Å². The van der Waals surface area contributed by atoms with Gasteiger partial charge in [-0.25, -0.2) is 18.1 Å². The zero-order valence-corrected chi connectivity index (χ0v) is 33.2. The van der Waals surface area contributed by atoms with Gasteiger partial charge in [0.15, 0.2) is 0 Å². The van der Waals surface area contributed by atoms with Crippen molar-refractivity contribution >= 4 is 46.2 Å². The van der Waals surface area contributed by atoms with E-state index >= 15 is 0 Å². The van der Waals surface area contributed by atoms with Crippen molar-refractivity contribution in [1.29, 1.82) is 0 Å². The molecule has 0 aromatic heterocycles. The summed E-state index contributed by atoms with van der Waals surface area (Å²) in [5.41, 5.74) is 10.3. The topological polar surface area (TPSA) is 0 Å². The second-order valence-electron chi connectivity index (χ2n) is 14.0. The van der Waals surface area contributed by atoms with Crippen molar-refractivity contribution in [3.63, 3.8) is 0 Å². The summed E-state index contributed by atoms with van der Waals surface area (Å²) in [6.07, 6.45) is 18.5. The van der Waals surface area contributed by atoms with Gasteiger partial charge in [0.2, 0.25) is 0 Å². The first-order chi connectivity index (χ1) is 20.4. The molecular formula is C41H50Cl3Zr-3. The van der Waals surface area contributed by atoms with Crippen LogP contribution in [0.25, 0.3) is 5.57 Å². The van der Waals surface area contributed by atoms with E-state index < -0.39 is 0 Å². The second kappa shape index (κ2) is 15.7. The van der Waals surface area contributed by atoms with E-state index in [1.54, 1.807) is 34.3 Å². The SMILES string of the molecule is C[C-]1C2=C3Cc4ccccc4C3=C3C=CCCC3C2(C)C(C)(C)C(C)(C)C1(C)C.Cl.Cl.Clc1c[c-]ccc1.[C-]1=CC=CC1.[CH2]=[Zr]. The number of halogens is 3. The molecule has 0 N–H and O–H groups in total. The van der Waals surface area contributed by atoms with Crippen molar-refractivity contribution in [1.82, 2.24) is 0 Å². The average Bonchev–Trinajstić information content (AvgIpc) is 3.70. The van der Waals surface area contributed by atoms with Gasteiger partial charge in [-0.05, 0) is 40.6 Å². The summed E-state index contributed by atoms with van der Waals surface area (Å²) in [5, 5.41) is 0.738. The quantitative estimate of drug-likeness (QED) is 0.236. The van der Waals surface area contributed by atoms with Gasteiger partial charge >= 0.3 is 28.4 Å². The van der Waals surface area contributed by atoms with Gasteiger partial charge in [-0.1, -0.05) is 118 Å². The second-order valence-corrected chi connectivity index (χ2v) is 14.4. The van der Waals surface area contributed by atoms with E-state index in [1.165, 1.54) is 48.2 Å². The van der Waals surface area contributed by atoms with Crippen molar-refractivity contribution in [2.75, 3.05) is 0 Å². The minimum atomic E-state index is 0. The van der Waals surface area contributed by atoms with Crippen LogP contribution in [0.5, 0.6) is 0 Å². The molecule has 0 radical (unpaired) electrons. The van der Waals surface area contributed by atoms with E-state index in [4.69, 9.17) is 11.6 Å². The molecule has 5 aliphatic carbocycles. The van der Waals surface area contributed by atoms with E-state index in [0.29, 0.717) is 5.92 Å². The summed E-state index contributed by atoms with van der Waals surface area (Å²) in [4.78, 5) is 0. The number of hydrogen-bond acceptors (Lipinski definition) is 0. The van der Waals surface area contributed by atoms with Crippen LogP contribution < -0.4 is 0 Å². The molecule has 1 fully saturated rings. The number of benzene rings is 2. The average molecular weight is 740 g/mol. The van der Waals surface area contributed by atoms with Crippen LogP contribution in [0.2, 0.25) is 5.02 Å². The molecule has 45 heavy (non-hydrogen) atoms. The van der Waals surface area contributed by atoms with Gasteiger partial charge in [-0.2, -0.15) is 59.2 Å². The fraction of sp³-hybridized carbons (Fsp3) is 0.415. The van der Waals surface area contributed by atoms with Crippen molar-refractivity contribution in [2.45, 2.75) is 81.1 Å². The standard InChI is InChI=1S/C29H37.C6H4Cl.C5H5.CH2.2ClH.Zr/c1-18-25-22-17-19-13-9-10-14-20(19)24(22)21-15-11-12-16-23(21)29(25,8)28(6,7)27(4,5)26(18,2)3;7-6-4-2-1-3-5-6;1-2-4-5-3-1;;;;/h9-11,13-15,23H,12,16-17H2,1-8H3;1-2,4-5H;1-3H,4H2;1H2;2*1H;/q3*-1;;;;. The summed E-state index contributed by atoms with van der Waals surface area (Å²) in [6, 6.07) is 19.2. The van der Waals surface area contributed by atoms with Gasteiger partial charge in [0.05, 0.1) is 0 Å². The number of rotatable bonds is 0. The Hall–Kier alpha value is -1.37. The molecule has 1 saturated carbocycles. The number of fused-ring (bicyclic) bond motifs is 6. The zero-order chi connectivity index (χ0) is 31.6. The van der Waals surface area contributed by atoms with Crippen molar-refractivity contribution < 1.29 is 24.2 Å². The van der Waals surface area contributed by atoms with Crippen LogP contribution in [-0.4, -0.2) is 4.21 Å². The van der Waals surface area contributed by atoms with Crippen molar-refractivity contribution in [3.05, 3.63) is 130 Å². The molecule has 0 amide bonds. The van der Waals surface area contributed by atoms with Crippen LogP contribution in [0.15, 0.2) is 95.6 Å². The molecule has 0 saturated heterocycles. The summed E-state index contributed by atoms with van der Waals surface area (Å²) >= 11 is 6.81. The molecule has 242 valence electrons. The molecule has 2 aromatic carbocycles. The van der Waals surface area contributed by atoms with Gasteiger partial charge in [0, 0.05) is 0 Å². The zero-order valence-electron chi connectivity index (χ0n) is 28.3. The molecule has 2 unspecified atom stereocenters. The molecule has 4 heteroatoms. The maximum atomic E-state index is 5.51. The predicted octanol–water partition coefficient (Wildman–Crippen LogP) is 12.2. The minimum absolute atomic E-state index is 0. The Bertz CT molecular complexity index is 1460. The van der Waals surface area contributed by atoms with Gasteiger partial charge in [0.25, 0.3) is 0 Å². The summed E-state index contributed by atoms with van der Waals surface area (Å²) < 4.78 is 3.34. The van der Waals surface area contributed by atoms with Crippen LogP contribution >= 0.6 is 36.4 Å². The summed E-state index contributed by atoms with van der Waals surface area (Å²) in [6.45, 7) is 20.3. The Kier molecular flexibility index (Phi) is 13.9. The summed E-state index contributed by atoms with van der Waals surface area (Å²) in [7, 11) is 0. The van der Waals surface area contributed by atoms with Crippen LogP contribution in [0.3, 0.4) is 0 Å². The first-order valence-electron chi connectivity index (χ1n) is 15.6. The van der Waals surface area contributed by atoms with Crippen LogP contribution in [0, 0.1) is 45.6 Å². The van der Waals surface area contributed by atoms with E-state index in [-0.39, 0.29) is 46.5 Å². The van der Waals surface area contributed by atoms with Crippen LogP contribution in [0.1, 0.15) is 85.8 Å². The molecule has 0 aliphatic heterocycles. The van der Waals surface area contributed by atoms with Crippen molar-refractivity contribution in [3.8, 4) is 0 Å². The Labute approximate surface area is 306 Å². The fourth-order valence-electron chi connectivity index (χ4n) is 8.28. The third kappa shape index (κ3) is 6.68. The fourth-order valence-corrected chi connectivity index (χ4v) is 8.42. The van der Waals surface area contributed by atoms with E-state index in [2.05, 4.69) is 114 Å². The molecule has 0 heterocycles. The summed E-state index contributed by atoms with van der Waals surface area (Å²) in [5.74, 6) is 2.24. The first-order valence-corrected chi connectivity index (χ1v) is 17.7. The molecule has 7 rings (SSSR count). The third-order valence-corrected chi connectivity index (χ3v) is 12.3. The molecule has 0 nitrogen and oxygen atoms in total. The van der Waals surface area contributed by atoms with Crippen LogP contribution in [-0.2, 0) is 30.7 Å². The molecule has 2 aromatic rings. The van der Waals surface area contributed by atoms with E-state index in [0.717, 1.165) is 17.9 Å². The Morgan fingerprint density at radius 3 is 2.16 bits per heavy atom. The molecule has 2 atom stereocenters. The van der Waals surface area contributed by atoms with Gasteiger partial charge in [-0.3, -0.25) is 6.08 Å². The van der Waals surface area contributed by atoms with Crippen LogP contribution in [0.4, 0.5) is 0 Å². The normalized spacial score (nSPS) is 24.8. The van der Waals surface area contributed by atoms with E-state index in [9.17, 15) is 0 Å². The van der Waals surface area contributed by atoms with Crippen molar-refractivity contribution in [2.24, 2.45) is 27.6 Å². The Balaban J connectivity index is 0.000000367. The molecular weight excluding hydrogens is 690 g/mol. The molecule has 5 aliphatic rings. The molecule has 0 bridgehead atoms. The Morgan fingerprint density at radius 1 is 0.933 bits per heavy atom. The van der Waals surface area contributed by atoms with Gasteiger partial charge in [0.1, 0.15) is 0 Å². The Morgan fingerprint density at radius 2 is 1.62 bits per heavy atom. The third-order valence-electron chi connectivity index (χ3n) is 12.0. The first kappa shape index (κ1) is 39.8. The maximum absolute atomic E-state index is 5.51. The monoisotopic (exact) mass is 737 g/mol. The van der Waals surface area contributed by atoms with E-state index in [1.807, 2.05) is 30.4 Å². The number of hydrogen-bond donors (Lipinski definition) is 0. The number of allylic oxidation sites excluding steroid dienone is 10. The predicted molar refractivity (Wildman–Crippen MR) is 198 cm³/mol.